The van der Waals surface area contributed by atoms with Crippen LogP contribution < -0.4 is 15.2 Å². The summed E-state index contributed by atoms with van der Waals surface area (Å²) in [6, 6.07) is 3.39. The molecule has 21 heavy (non-hydrogen) atoms. The van der Waals surface area contributed by atoms with E-state index in [0.29, 0.717) is 34.5 Å². The minimum atomic E-state index is 0.270. The molecule has 0 saturated carbocycles. The minimum Gasteiger partial charge on any atom is -0.495 e. The van der Waals surface area contributed by atoms with Crippen molar-refractivity contribution in [3.05, 3.63) is 28.5 Å². The maximum Gasteiger partial charge on any atom is 0.146 e. The van der Waals surface area contributed by atoms with Gasteiger partial charge in [-0.25, -0.2) is 4.68 Å². The first-order chi connectivity index (χ1) is 10.2. The molecule has 0 radical (unpaired) electrons. The van der Waals surface area contributed by atoms with Crippen molar-refractivity contribution in [2.24, 2.45) is 5.73 Å². The van der Waals surface area contributed by atoms with E-state index in [9.17, 15) is 0 Å². The van der Waals surface area contributed by atoms with Crippen LogP contribution in [0.2, 0.25) is 5.02 Å². The lowest BCUT2D eigenvalue weighted by atomic mass is 10.2. The largest absolute Gasteiger partial charge is 0.495 e. The third kappa shape index (κ3) is 2.94. The second kappa shape index (κ2) is 6.75. The number of nitrogens with zero attached hydrogens (tertiary/aromatic N) is 3. The van der Waals surface area contributed by atoms with Crippen molar-refractivity contribution in [3.8, 4) is 17.2 Å². The molecule has 1 heterocycles. The number of halogens is 1. The number of methoxy groups -OCH3 is 3. The second-order valence-corrected chi connectivity index (χ2v) is 4.60. The predicted octanol–water partition coefficient (Wildman–Crippen LogP) is 1.54. The van der Waals surface area contributed by atoms with E-state index in [0.717, 1.165) is 5.69 Å². The van der Waals surface area contributed by atoms with Gasteiger partial charge in [-0.3, -0.25) is 0 Å². The highest BCUT2D eigenvalue weighted by Gasteiger charge is 2.18. The molecule has 0 saturated heterocycles. The van der Waals surface area contributed by atoms with Crippen molar-refractivity contribution < 1.29 is 14.2 Å². The first-order valence-electron chi connectivity index (χ1n) is 6.20. The zero-order chi connectivity index (χ0) is 15.4. The van der Waals surface area contributed by atoms with Crippen LogP contribution in [-0.4, -0.2) is 36.3 Å². The Morgan fingerprint density at radius 2 is 1.90 bits per heavy atom. The number of ether oxygens (including phenoxy) is 3. The highest BCUT2D eigenvalue weighted by Crippen LogP contribution is 2.35. The summed E-state index contributed by atoms with van der Waals surface area (Å²) < 4.78 is 17.4. The fraction of sp³-hybridized carbons (Fsp3) is 0.385. The smallest absolute Gasteiger partial charge is 0.146 e. The molecule has 0 bridgehead atoms. The van der Waals surface area contributed by atoms with Crippen LogP contribution in [0.4, 0.5) is 0 Å². The van der Waals surface area contributed by atoms with Gasteiger partial charge < -0.3 is 19.9 Å². The molecule has 0 aliphatic carbocycles. The van der Waals surface area contributed by atoms with Crippen LogP contribution in [0.5, 0.6) is 11.5 Å². The summed E-state index contributed by atoms with van der Waals surface area (Å²) >= 11 is 6.11. The van der Waals surface area contributed by atoms with Crippen LogP contribution in [0.15, 0.2) is 12.1 Å². The maximum atomic E-state index is 6.11. The molecule has 0 atom stereocenters. The van der Waals surface area contributed by atoms with E-state index in [2.05, 4.69) is 10.3 Å². The number of aromatic nitrogens is 3. The van der Waals surface area contributed by atoms with Gasteiger partial charge in [0.15, 0.2) is 0 Å². The summed E-state index contributed by atoms with van der Waals surface area (Å²) in [7, 11) is 4.69. The second-order valence-electron chi connectivity index (χ2n) is 4.19. The summed E-state index contributed by atoms with van der Waals surface area (Å²) in [5.41, 5.74) is 7.74. The Bertz CT molecular complexity index is 630. The average molecular weight is 313 g/mol. The highest BCUT2D eigenvalue weighted by molar-refractivity contribution is 6.32. The topological polar surface area (TPSA) is 84.4 Å². The molecule has 114 valence electrons. The SMILES string of the molecule is COCc1c(CN)nnn1-c1cc(OC)c(Cl)cc1OC. The summed E-state index contributed by atoms with van der Waals surface area (Å²) in [5, 5.41) is 8.63. The molecule has 0 unspecified atom stereocenters. The van der Waals surface area contributed by atoms with Crippen LogP contribution in [0, 0.1) is 0 Å². The van der Waals surface area contributed by atoms with Gasteiger partial charge in [-0.1, -0.05) is 16.8 Å². The molecule has 0 spiro atoms. The fourth-order valence-corrected chi connectivity index (χ4v) is 2.21. The number of nitrogens with two attached hydrogens (primary N) is 1. The molecular formula is C13H17ClN4O3. The average Bonchev–Trinajstić information content (AvgIpc) is 2.90. The lowest BCUT2D eigenvalue weighted by molar-refractivity contribution is 0.178. The number of rotatable bonds is 6. The van der Waals surface area contributed by atoms with E-state index in [1.54, 1.807) is 38.1 Å². The standard InChI is InChI=1S/C13H17ClN4O3/c1-19-7-11-9(6-15)16-17-18(11)10-5-12(20-2)8(14)4-13(10)21-3/h4-5H,6-7,15H2,1-3H3. The van der Waals surface area contributed by atoms with Gasteiger partial charge in [-0.15, -0.1) is 5.10 Å². The maximum absolute atomic E-state index is 6.11. The van der Waals surface area contributed by atoms with E-state index < -0.39 is 0 Å². The van der Waals surface area contributed by atoms with Gasteiger partial charge in [0, 0.05) is 25.8 Å². The van der Waals surface area contributed by atoms with Crippen LogP contribution in [0.1, 0.15) is 11.4 Å². The third-order valence-corrected chi connectivity index (χ3v) is 3.29. The summed E-state index contributed by atoms with van der Waals surface area (Å²) in [6.45, 7) is 0.597. The van der Waals surface area contributed by atoms with Crippen molar-refractivity contribution in [1.82, 2.24) is 15.0 Å². The Hall–Kier alpha value is -1.83. The number of hydrogen-bond donors (Lipinski definition) is 1. The Morgan fingerprint density at radius 1 is 1.19 bits per heavy atom. The van der Waals surface area contributed by atoms with Crippen molar-refractivity contribution in [2.75, 3.05) is 21.3 Å². The molecule has 2 N–H and O–H groups in total. The van der Waals surface area contributed by atoms with Crippen molar-refractivity contribution in [1.29, 1.82) is 0 Å². The first-order valence-corrected chi connectivity index (χ1v) is 6.58. The van der Waals surface area contributed by atoms with Crippen LogP contribution in [-0.2, 0) is 17.9 Å². The Labute approximate surface area is 127 Å². The predicted molar refractivity (Wildman–Crippen MR) is 78.1 cm³/mol. The van der Waals surface area contributed by atoms with Gasteiger partial charge in [0.1, 0.15) is 22.9 Å². The van der Waals surface area contributed by atoms with Gasteiger partial charge >= 0.3 is 0 Å². The zero-order valence-electron chi connectivity index (χ0n) is 12.1. The van der Waals surface area contributed by atoms with Gasteiger partial charge in [0.25, 0.3) is 0 Å². The molecule has 0 aliphatic rings. The van der Waals surface area contributed by atoms with E-state index in [1.165, 1.54) is 0 Å². The molecular weight excluding hydrogens is 296 g/mol. The number of hydrogen-bond acceptors (Lipinski definition) is 6. The van der Waals surface area contributed by atoms with Gasteiger partial charge in [0.05, 0.1) is 31.5 Å². The minimum absolute atomic E-state index is 0.270. The quantitative estimate of drug-likeness (QED) is 0.871. The number of benzene rings is 1. The Kier molecular flexibility index (Phi) is 5.00. The van der Waals surface area contributed by atoms with Crippen molar-refractivity contribution >= 4 is 11.6 Å². The first kappa shape index (κ1) is 15.6. The molecule has 0 fully saturated rings. The fourth-order valence-electron chi connectivity index (χ4n) is 1.98. The molecule has 7 nitrogen and oxygen atoms in total. The molecule has 1 aromatic carbocycles. The van der Waals surface area contributed by atoms with E-state index >= 15 is 0 Å². The molecule has 2 rings (SSSR count). The summed E-state index contributed by atoms with van der Waals surface area (Å²) in [5.74, 6) is 1.06. The lowest BCUT2D eigenvalue weighted by Crippen LogP contribution is -2.08. The normalized spacial score (nSPS) is 10.7. The van der Waals surface area contributed by atoms with Crippen molar-refractivity contribution in [3.63, 3.8) is 0 Å². The van der Waals surface area contributed by atoms with E-state index in [4.69, 9.17) is 31.5 Å². The van der Waals surface area contributed by atoms with Gasteiger partial charge in [-0.05, 0) is 0 Å². The van der Waals surface area contributed by atoms with E-state index in [-0.39, 0.29) is 6.54 Å². The van der Waals surface area contributed by atoms with Crippen molar-refractivity contribution in [2.45, 2.75) is 13.2 Å². The third-order valence-electron chi connectivity index (χ3n) is 3.00. The van der Waals surface area contributed by atoms with Gasteiger partial charge in [-0.2, -0.15) is 0 Å². The monoisotopic (exact) mass is 312 g/mol. The highest BCUT2D eigenvalue weighted by atomic mass is 35.5. The van der Waals surface area contributed by atoms with Crippen LogP contribution in [0.25, 0.3) is 5.69 Å². The molecule has 1 aromatic heterocycles. The van der Waals surface area contributed by atoms with Crippen LogP contribution >= 0.6 is 11.6 Å². The Morgan fingerprint density at radius 3 is 2.48 bits per heavy atom. The molecule has 0 aliphatic heterocycles. The lowest BCUT2D eigenvalue weighted by Gasteiger charge is -2.13. The molecule has 0 amide bonds. The summed E-state index contributed by atoms with van der Waals surface area (Å²) in [4.78, 5) is 0. The van der Waals surface area contributed by atoms with Gasteiger partial charge in [0.2, 0.25) is 0 Å². The summed E-state index contributed by atoms with van der Waals surface area (Å²) in [6.07, 6.45) is 0. The Balaban J connectivity index is 2.62. The van der Waals surface area contributed by atoms with E-state index in [1.807, 2.05) is 0 Å². The molecule has 8 heteroatoms. The zero-order valence-corrected chi connectivity index (χ0v) is 12.8. The van der Waals surface area contributed by atoms with Crippen LogP contribution in [0.3, 0.4) is 0 Å². The molecule has 2 aromatic rings.